The second kappa shape index (κ2) is 5.26. The second-order valence-electron chi connectivity index (χ2n) is 5.59. The second-order valence-corrected chi connectivity index (χ2v) is 5.59. The predicted molar refractivity (Wildman–Crippen MR) is 81.8 cm³/mol. The smallest absolute Gasteiger partial charge is 0.318 e. The first-order valence-electron chi connectivity index (χ1n) is 7.12. The number of hydrogen-bond acceptors (Lipinski definition) is 3. The van der Waals surface area contributed by atoms with Crippen molar-refractivity contribution in [2.45, 2.75) is 25.9 Å². The molecule has 1 fully saturated rings. The number of hydrogen-bond donors (Lipinski definition) is 1. The quantitative estimate of drug-likeness (QED) is 0.884. The molecule has 0 radical (unpaired) electrons. The molecule has 1 aromatic carbocycles. The molecule has 1 aliphatic heterocycles. The molecule has 3 rings (SSSR count). The van der Waals surface area contributed by atoms with Gasteiger partial charge in [-0.25, -0.2) is 4.79 Å². The minimum atomic E-state index is -1.11. The summed E-state index contributed by atoms with van der Waals surface area (Å²) < 4.78 is 0. The van der Waals surface area contributed by atoms with Crippen LogP contribution < -0.4 is 5.32 Å². The highest BCUT2D eigenvalue weighted by molar-refractivity contribution is 6.06. The lowest BCUT2D eigenvalue weighted by Crippen LogP contribution is -2.41. The van der Waals surface area contributed by atoms with Crippen molar-refractivity contribution >= 4 is 11.9 Å². The van der Waals surface area contributed by atoms with Gasteiger partial charge in [0, 0.05) is 6.20 Å². The Morgan fingerprint density at radius 2 is 1.86 bits per heavy atom. The van der Waals surface area contributed by atoms with Crippen LogP contribution in [0.25, 0.3) is 0 Å². The molecular weight excluding hydrogens is 278 g/mol. The Kier molecular flexibility index (Phi) is 3.41. The third-order valence-electron chi connectivity index (χ3n) is 4.04. The van der Waals surface area contributed by atoms with Crippen LogP contribution in [0.4, 0.5) is 4.79 Å². The first kappa shape index (κ1) is 14.3. The zero-order chi connectivity index (χ0) is 15.7. The van der Waals surface area contributed by atoms with Crippen LogP contribution in [-0.2, 0) is 16.9 Å². The van der Waals surface area contributed by atoms with E-state index in [1.165, 1.54) is 4.90 Å². The summed E-state index contributed by atoms with van der Waals surface area (Å²) in [5, 5.41) is 2.76. The summed E-state index contributed by atoms with van der Waals surface area (Å²) in [6, 6.07) is 12.7. The van der Waals surface area contributed by atoms with Gasteiger partial charge in [0.2, 0.25) is 0 Å². The van der Waals surface area contributed by atoms with Gasteiger partial charge in [0.25, 0.3) is 5.91 Å². The molecule has 5 nitrogen and oxygen atoms in total. The molecule has 1 aliphatic rings. The zero-order valence-electron chi connectivity index (χ0n) is 12.5. The monoisotopic (exact) mass is 295 g/mol. The lowest BCUT2D eigenvalue weighted by Gasteiger charge is -2.21. The number of benzene rings is 1. The van der Waals surface area contributed by atoms with Gasteiger partial charge in [-0.3, -0.25) is 14.7 Å². The SMILES string of the molecule is Cc1ccccc1CN1C(=O)NC(C)(c2ccccn2)C1=O. The maximum absolute atomic E-state index is 12.8. The van der Waals surface area contributed by atoms with Gasteiger partial charge in [-0.05, 0) is 37.1 Å². The van der Waals surface area contributed by atoms with Crippen LogP contribution in [0.5, 0.6) is 0 Å². The molecule has 3 amide bonds. The van der Waals surface area contributed by atoms with Crippen molar-refractivity contribution in [3.05, 3.63) is 65.5 Å². The zero-order valence-corrected chi connectivity index (χ0v) is 12.5. The standard InChI is InChI=1S/C17H17N3O2/c1-12-7-3-4-8-13(12)11-20-15(21)17(2,19-16(20)22)14-9-5-6-10-18-14/h3-10H,11H2,1-2H3,(H,19,22). The summed E-state index contributed by atoms with van der Waals surface area (Å²) in [6.45, 7) is 3.92. The van der Waals surface area contributed by atoms with E-state index < -0.39 is 5.54 Å². The van der Waals surface area contributed by atoms with E-state index in [4.69, 9.17) is 0 Å². The third kappa shape index (κ3) is 2.24. The fourth-order valence-corrected chi connectivity index (χ4v) is 2.63. The number of aromatic nitrogens is 1. The van der Waals surface area contributed by atoms with Gasteiger partial charge in [0.05, 0.1) is 12.2 Å². The average Bonchev–Trinajstić information content (AvgIpc) is 2.75. The molecule has 1 atom stereocenters. The van der Waals surface area contributed by atoms with Crippen molar-refractivity contribution in [2.75, 3.05) is 0 Å². The predicted octanol–water partition coefficient (Wildman–Crippen LogP) is 2.36. The normalized spacial score (nSPS) is 21.1. The van der Waals surface area contributed by atoms with Crippen molar-refractivity contribution in [3.63, 3.8) is 0 Å². The summed E-state index contributed by atoms with van der Waals surface area (Å²) in [5.74, 6) is -0.278. The van der Waals surface area contributed by atoms with E-state index >= 15 is 0 Å². The Bertz CT molecular complexity index is 730. The van der Waals surface area contributed by atoms with Crippen molar-refractivity contribution < 1.29 is 9.59 Å². The largest absolute Gasteiger partial charge is 0.325 e. The Hall–Kier alpha value is -2.69. The summed E-state index contributed by atoms with van der Waals surface area (Å²) >= 11 is 0. The van der Waals surface area contributed by atoms with Crippen molar-refractivity contribution in [2.24, 2.45) is 0 Å². The number of aryl methyl sites for hydroxylation is 1. The molecule has 0 spiro atoms. The van der Waals surface area contributed by atoms with E-state index in [1.807, 2.05) is 31.2 Å². The molecular formula is C17H17N3O2. The lowest BCUT2D eigenvalue weighted by atomic mass is 9.97. The average molecular weight is 295 g/mol. The van der Waals surface area contributed by atoms with E-state index in [9.17, 15) is 9.59 Å². The summed E-state index contributed by atoms with van der Waals surface area (Å²) in [6.07, 6.45) is 1.62. The molecule has 112 valence electrons. The van der Waals surface area contributed by atoms with Crippen LogP contribution in [0.1, 0.15) is 23.7 Å². The van der Waals surface area contributed by atoms with Crippen LogP contribution in [0.2, 0.25) is 0 Å². The molecule has 2 heterocycles. The van der Waals surface area contributed by atoms with Crippen molar-refractivity contribution in [1.82, 2.24) is 15.2 Å². The number of amides is 3. The number of nitrogens with zero attached hydrogens (tertiary/aromatic N) is 2. The number of pyridine rings is 1. The fourth-order valence-electron chi connectivity index (χ4n) is 2.63. The van der Waals surface area contributed by atoms with Crippen LogP contribution >= 0.6 is 0 Å². The van der Waals surface area contributed by atoms with Gasteiger partial charge in [0.15, 0.2) is 5.54 Å². The van der Waals surface area contributed by atoms with Gasteiger partial charge in [0.1, 0.15) is 0 Å². The molecule has 2 aromatic rings. The van der Waals surface area contributed by atoms with Crippen molar-refractivity contribution in [1.29, 1.82) is 0 Å². The molecule has 5 heteroatoms. The first-order valence-corrected chi connectivity index (χ1v) is 7.12. The number of nitrogens with one attached hydrogen (secondary N) is 1. The fraction of sp³-hybridized carbons (Fsp3) is 0.235. The highest BCUT2D eigenvalue weighted by atomic mass is 16.2. The Morgan fingerprint density at radius 3 is 2.55 bits per heavy atom. The van der Waals surface area contributed by atoms with Crippen LogP contribution in [0, 0.1) is 6.92 Å². The molecule has 0 aliphatic carbocycles. The molecule has 0 bridgehead atoms. The van der Waals surface area contributed by atoms with Crippen LogP contribution in [-0.4, -0.2) is 21.8 Å². The minimum absolute atomic E-state index is 0.264. The van der Waals surface area contributed by atoms with E-state index in [0.717, 1.165) is 11.1 Å². The van der Waals surface area contributed by atoms with Gasteiger partial charge in [-0.2, -0.15) is 0 Å². The van der Waals surface area contributed by atoms with E-state index in [-0.39, 0.29) is 18.5 Å². The maximum atomic E-state index is 12.8. The topological polar surface area (TPSA) is 62.3 Å². The molecule has 1 unspecified atom stereocenters. The van der Waals surface area contributed by atoms with E-state index in [1.54, 1.807) is 31.3 Å². The van der Waals surface area contributed by atoms with Crippen LogP contribution in [0.3, 0.4) is 0 Å². The Labute approximate surface area is 129 Å². The summed E-state index contributed by atoms with van der Waals surface area (Å²) in [5.41, 5.74) is 1.44. The first-order chi connectivity index (χ1) is 10.5. The number of rotatable bonds is 3. The van der Waals surface area contributed by atoms with Crippen LogP contribution in [0.15, 0.2) is 48.7 Å². The molecule has 1 saturated heterocycles. The maximum Gasteiger partial charge on any atom is 0.325 e. The van der Waals surface area contributed by atoms with Crippen molar-refractivity contribution in [3.8, 4) is 0 Å². The third-order valence-corrected chi connectivity index (χ3v) is 4.04. The molecule has 22 heavy (non-hydrogen) atoms. The molecule has 1 aromatic heterocycles. The number of imide groups is 1. The van der Waals surface area contributed by atoms with E-state index in [2.05, 4.69) is 10.3 Å². The van der Waals surface area contributed by atoms with E-state index in [0.29, 0.717) is 5.69 Å². The lowest BCUT2D eigenvalue weighted by molar-refractivity contribution is -0.131. The van der Waals surface area contributed by atoms with Gasteiger partial charge in [-0.1, -0.05) is 30.3 Å². The Balaban J connectivity index is 1.91. The Morgan fingerprint density at radius 1 is 1.14 bits per heavy atom. The number of urea groups is 1. The highest BCUT2D eigenvalue weighted by Crippen LogP contribution is 2.28. The molecule has 1 N–H and O–H groups in total. The molecule has 0 saturated carbocycles. The number of carbonyl (C=O) groups excluding carboxylic acids is 2. The summed E-state index contributed by atoms with van der Waals surface area (Å²) in [4.78, 5) is 30.5. The van der Waals surface area contributed by atoms with Gasteiger partial charge < -0.3 is 5.32 Å². The number of carbonyl (C=O) groups is 2. The van der Waals surface area contributed by atoms with Gasteiger partial charge >= 0.3 is 6.03 Å². The summed E-state index contributed by atoms with van der Waals surface area (Å²) in [7, 11) is 0. The minimum Gasteiger partial charge on any atom is -0.318 e. The highest BCUT2D eigenvalue weighted by Gasteiger charge is 2.49. The van der Waals surface area contributed by atoms with Gasteiger partial charge in [-0.15, -0.1) is 0 Å².